The maximum Gasteiger partial charge on any atom is 0.238 e. The van der Waals surface area contributed by atoms with Gasteiger partial charge in [0.25, 0.3) is 0 Å². The number of fused-ring (bicyclic) bond motifs is 1. The molecule has 3 unspecified atom stereocenters. The van der Waals surface area contributed by atoms with Crippen LogP contribution >= 0.6 is 24.0 Å². The van der Waals surface area contributed by atoms with Crippen molar-refractivity contribution < 1.29 is 4.79 Å². The van der Waals surface area contributed by atoms with Gasteiger partial charge in [0.15, 0.2) is 0 Å². The Morgan fingerprint density at radius 2 is 2.17 bits per heavy atom. The summed E-state index contributed by atoms with van der Waals surface area (Å²) in [6.45, 7) is 4.36. The van der Waals surface area contributed by atoms with Crippen LogP contribution < -0.4 is 11.1 Å². The lowest BCUT2D eigenvalue weighted by Crippen LogP contribution is -2.38. The third kappa shape index (κ3) is 4.38. The van der Waals surface area contributed by atoms with E-state index in [1.165, 1.54) is 12.8 Å². The highest BCUT2D eigenvalue weighted by Gasteiger charge is 2.38. The molecule has 0 radical (unpaired) electrons. The molecule has 1 saturated heterocycles. The number of hydrogen-bond acceptors (Lipinski definition) is 3. The van der Waals surface area contributed by atoms with E-state index in [4.69, 9.17) is 17.3 Å². The lowest BCUT2D eigenvalue weighted by Gasteiger charge is -2.29. The van der Waals surface area contributed by atoms with Crippen molar-refractivity contribution in [2.24, 2.45) is 17.6 Å². The lowest BCUT2D eigenvalue weighted by atomic mass is 9.78. The molecule has 1 heterocycles. The van der Waals surface area contributed by atoms with Crippen molar-refractivity contribution in [2.75, 3.05) is 25.0 Å². The summed E-state index contributed by atoms with van der Waals surface area (Å²) in [6.07, 6.45) is 3.62. The second-order valence-corrected chi connectivity index (χ2v) is 7.16. The van der Waals surface area contributed by atoms with E-state index in [1.54, 1.807) is 6.07 Å². The molecule has 0 aromatic heterocycles. The number of nitrogens with zero attached hydrogens (tertiary/aromatic N) is 1. The molecule has 2 aliphatic rings. The molecule has 1 aliphatic carbocycles. The Morgan fingerprint density at radius 1 is 1.39 bits per heavy atom. The fourth-order valence-electron chi connectivity index (χ4n) is 3.90. The molecule has 1 aliphatic heterocycles. The quantitative estimate of drug-likeness (QED) is 0.873. The monoisotopic (exact) mass is 357 g/mol. The number of rotatable bonds is 3. The number of carbonyl (C=O) groups is 1. The van der Waals surface area contributed by atoms with Gasteiger partial charge < -0.3 is 11.1 Å². The number of carbonyl (C=O) groups excluding carboxylic acids is 1. The van der Waals surface area contributed by atoms with Crippen molar-refractivity contribution in [3.8, 4) is 0 Å². The zero-order valence-electron chi connectivity index (χ0n) is 13.4. The summed E-state index contributed by atoms with van der Waals surface area (Å²) in [5.41, 5.74) is 8.05. The van der Waals surface area contributed by atoms with E-state index in [-0.39, 0.29) is 18.3 Å². The van der Waals surface area contributed by atoms with Crippen LogP contribution in [-0.2, 0) is 4.79 Å². The van der Waals surface area contributed by atoms with E-state index in [0.29, 0.717) is 29.4 Å². The van der Waals surface area contributed by atoms with Crippen molar-refractivity contribution >= 4 is 35.6 Å². The lowest BCUT2D eigenvalue weighted by molar-refractivity contribution is -0.117. The van der Waals surface area contributed by atoms with E-state index < -0.39 is 0 Å². The minimum Gasteiger partial charge on any atom is -0.327 e. The van der Waals surface area contributed by atoms with E-state index in [1.807, 2.05) is 19.1 Å². The highest BCUT2D eigenvalue weighted by molar-refractivity contribution is 6.30. The molecule has 6 heteroatoms. The topological polar surface area (TPSA) is 58.4 Å². The fourth-order valence-corrected chi connectivity index (χ4v) is 4.12. The summed E-state index contributed by atoms with van der Waals surface area (Å²) < 4.78 is 0. The van der Waals surface area contributed by atoms with Gasteiger partial charge in [-0.2, -0.15) is 0 Å². The van der Waals surface area contributed by atoms with Crippen LogP contribution in [0.4, 0.5) is 5.69 Å². The Morgan fingerprint density at radius 3 is 2.87 bits per heavy atom. The Hall–Kier alpha value is -0.810. The molecule has 3 rings (SSSR count). The first-order valence-electron chi connectivity index (χ1n) is 8.07. The van der Waals surface area contributed by atoms with Gasteiger partial charge in [0, 0.05) is 29.8 Å². The highest BCUT2D eigenvalue weighted by Crippen LogP contribution is 2.35. The fraction of sp³-hybridized carbons (Fsp3) is 0.588. The van der Waals surface area contributed by atoms with Crippen molar-refractivity contribution in [2.45, 2.75) is 32.2 Å². The van der Waals surface area contributed by atoms with E-state index in [2.05, 4.69) is 10.2 Å². The Kier molecular flexibility index (Phi) is 6.32. The number of aryl methyl sites for hydroxylation is 1. The molecule has 23 heavy (non-hydrogen) atoms. The largest absolute Gasteiger partial charge is 0.327 e. The van der Waals surface area contributed by atoms with Gasteiger partial charge in [0.2, 0.25) is 5.91 Å². The highest BCUT2D eigenvalue weighted by atomic mass is 35.5. The zero-order valence-corrected chi connectivity index (χ0v) is 15.0. The molecule has 3 atom stereocenters. The second kappa shape index (κ2) is 7.84. The molecular formula is C17H25Cl2N3O. The van der Waals surface area contributed by atoms with Crippen molar-refractivity contribution in [1.82, 2.24) is 4.90 Å². The van der Waals surface area contributed by atoms with Gasteiger partial charge >= 0.3 is 0 Å². The molecule has 0 spiro atoms. The third-order valence-corrected chi connectivity index (χ3v) is 5.29. The molecule has 4 nitrogen and oxygen atoms in total. The van der Waals surface area contributed by atoms with Crippen LogP contribution in [0, 0.1) is 18.8 Å². The van der Waals surface area contributed by atoms with Gasteiger partial charge in [-0.15, -0.1) is 12.4 Å². The molecule has 0 bridgehead atoms. The van der Waals surface area contributed by atoms with Gasteiger partial charge in [-0.3, -0.25) is 9.69 Å². The first kappa shape index (κ1) is 18.5. The number of halogens is 2. The second-order valence-electron chi connectivity index (χ2n) is 6.72. The average molecular weight is 358 g/mol. The molecule has 1 aromatic carbocycles. The van der Waals surface area contributed by atoms with E-state index in [9.17, 15) is 4.79 Å². The van der Waals surface area contributed by atoms with Crippen LogP contribution in [0.1, 0.15) is 24.8 Å². The normalized spacial score (nSPS) is 27.2. The number of hydrogen-bond donors (Lipinski definition) is 2. The maximum absolute atomic E-state index is 12.3. The summed E-state index contributed by atoms with van der Waals surface area (Å²) in [7, 11) is 0. The smallest absolute Gasteiger partial charge is 0.238 e. The van der Waals surface area contributed by atoms with Gasteiger partial charge in [-0.25, -0.2) is 0 Å². The van der Waals surface area contributed by atoms with Crippen LogP contribution in [0.15, 0.2) is 18.2 Å². The molecule has 1 saturated carbocycles. The Labute approximate surface area is 149 Å². The molecule has 1 aromatic rings. The predicted octanol–water partition coefficient (Wildman–Crippen LogP) is 3.07. The Balaban J connectivity index is 0.00000192. The first-order chi connectivity index (χ1) is 10.5. The number of likely N-dealkylation sites (tertiary alicyclic amines) is 1. The molecule has 3 N–H and O–H groups in total. The maximum atomic E-state index is 12.3. The van der Waals surface area contributed by atoms with E-state index in [0.717, 1.165) is 30.8 Å². The van der Waals surface area contributed by atoms with Gasteiger partial charge in [0.05, 0.1) is 6.54 Å². The number of anilines is 1. The standard InChI is InChI=1S/C17H24ClN3O.ClH/c1-11-7-13(18)5-6-16(11)20-17(22)10-21-8-12-3-2-4-15(19)14(12)9-21;/h5-7,12,14-15H,2-4,8-10,19H2,1H3,(H,20,22);1H. The van der Waals surface area contributed by atoms with Crippen LogP contribution in [-0.4, -0.2) is 36.5 Å². The molecular weight excluding hydrogens is 333 g/mol. The third-order valence-electron chi connectivity index (χ3n) is 5.06. The zero-order chi connectivity index (χ0) is 15.7. The Bertz CT molecular complexity index is 567. The summed E-state index contributed by atoms with van der Waals surface area (Å²) in [4.78, 5) is 14.5. The van der Waals surface area contributed by atoms with E-state index >= 15 is 0 Å². The van der Waals surface area contributed by atoms with Crippen molar-refractivity contribution in [1.29, 1.82) is 0 Å². The summed E-state index contributed by atoms with van der Waals surface area (Å²) in [5.74, 6) is 1.28. The number of nitrogens with two attached hydrogens (primary N) is 1. The van der Waals surface area contributed by atoms with Crippen LogP contribution in [0.25, 0.3) is 0 Å². The average Bonchev–Trinajstić information content (AvgIpc) is 2.86. The minimum absolute atomic E-state index is 0. The number of amides is 1. The number of benzene rings is 1. The molecule has 2 fully saturated rings. The van der Waals surface area contributed by atoms with Gasteiger partial charge in [0.1, 0.15) is 0 Å². The SMILES string of the molecule is Cc1cc(Cl)ccc1NC(=O)CN1CC2CCCC(N)C2C1.Cl. The van der Waals surface area contributed by atoms with Gasteiger partial charge in [-0.1, -0.05) is 18.0 Å². The number of nitrogens with one attached hydrogen (secondary N) is 1. The summed E-state index contributed by atoms with van der Waals surface area (Å²) in [5, 5.41) is 3.67. The summed E-state index contributed by atoms with van der Waals surface area (Å²) >= 11 is 5.94. The van der Waals surface area contributed by atoms with Crippen LogP contribution in [0.2, 0.25) is 5.02 Å². The summed E-state index contributed by atoms with van der Waals surface area (Å²) in [6, 6.07) is 5.83. The first-order valence-corrected chi connectivity index (χ1v) is 8.44. The van der Waals surface area contributed by atoms with Crippen molar-refractivity contribution in [3.63, 3.8) is 0 Å². The minimum atomic E-state index is 0. The van der Waals surface area contributed by atoms with Crippen LogP contribution in [0.5, 0.6) is 0 Å². The predicted molar refractivity (Wildman–Crippen MR) is 97.3 cm³/mol. The van der Waals surface area contributed by atoms with Crippen LogP contribution in [0.3, 0.4) is 0 Å². The van der Waals surface area contributed by atoms with Crippen molar-refractivity contribution in [3.05, 3.63) is 28.8 Å². The molecule has 1 amide bonds. The molecule has 128 valence electrons. The van der Waals surface area contributed by atoms with Gasteiger partial charge in [-0.05, 0) is 55.4 Å².